The molecule has 4 heteroatoms. The van der Waals surface area contributed by atoms with Crippen LogP contribution in [0.15, 0.2) is 40.9 Å². The summed E-state index contributed by atoms with van der Waals surface area (Å²) in [4.78, 5) is 0. The van der Waals surface area contributed by atoms with Crippen LogP contribution in [-0.4, -0.2) is 7.05 Å². The summed E-state index contributed by atoms with van der Waals surface area (Å²) in [6, 6.07) is 12.4. The van der Waals surface area contributed by atoms with Crippen LogP contribution in [0.25, 0.3) is 0 Å². The van der Waals surface area contributed by atoms with E-state index in [1.54, 1.807) is 0 Å². The minimum atomic E-state index is 0.181. The van der Waals surface area contributed by atoms with Gasteiger partial charge in [-0.15, -0.1) is 0 Å². The van der Waals surface area contributed by atoms with E-state index in [1.807, 2.05) is 32.2 Å². The molecule has 0 aliphatic carbocycles. The smallest absolute Gasteiger partial charge is 0.0551 e. The van der Waals surface area contributed by atoms with Crippen LogP contribution in [0.2, 0.25) is 10.0 Å². The van der Waals surface area contributed by atoms with Gasteiger partial charge in [-0.1, -0.05) is 41.4 Å². The first-order valence-corrected chi connectivity index (χ1v) is 7.93. The number of aryl methyl sites for hydroxylation is 1. The highest BCUT2D eigenvalue weighted by Gasteiger charge is 2.13. The van der Waals surface area contributed by atoms with Crippen LogP contribution in [0.5, 0.6) is 0 Å². The Kier molecular flexibility index (Phi) is 5.50. The van der Waals surface area contributed by atoms with Crippen molar-refractivity contribution in [2.24, 2.45) is 0 Å². The molecular formula is C16H16BrCl2N. The fourth-order valence-corrected chi connectivity index (χ4v) is 2.90. The van der Waals surface area contributed by atoms with E-state index in [2.05, 4.69) is 39.4 Å². The highest BCUT2D eigenvalue weighted by molar-refractivity contribution is 9.10. The van der Waals surface area contributed by atoms with Crippen molar-refractivity contribution in [2.75, 3.05) is 7.05 Å². The summed E-state index contributed by atoms with van der Waals surface area (Å²) in [7, 11) is 1.95. The lowest BCUT2D eigenvalue weighted by Gasteiger charge is -2.18. The molecule has 2 aromatic rings. The minimum Gasteiger partial charge on any atom is -0.313 e. The first-order chi connectivity index (χ1) is 9.51. The molecule has 20 heavy (non-hydrogen) atoms. The zero-order chi connectivity index (χ0) is 14.7. The van der Waals surface area contributed by atoms with Gasteiger partial charge < -0.3 is 5.32 Å². The van der Waals surface area contributed by atoms with Gasteiger partial charge in [-0.2, -0.15) is 0 Å². The zero-order valence-corrected chi connectivity index (χ0v) is 14.5. The summed E-state index contributed by atoms with van der Waals surface area (Å²) in [6.07, 6.45) is 0.827. The van der Waals surface area contributed by atoms with Gasteiger partial charge >= 0.3 is 0 Å². The van der Waals surface area contributed by atoms with Gasteiger partial charge in [-0.3, -0.25) is 0 Å². The summed E-state index contributed by atoms with van der Waals surface area (Å²) >= 11 is 15.9. The molecule has 0 saturated heterocycles. The first kappa shape index (κ1) is 15.8. The summed E-state index contributed by atoms with van der Waals surface area (Å²) in [5.74, 6) is 0. The van der Waals surface area contributed by atoms with Crippen molar-refractivity contribution in [2.45, 2.75) is 19.4 Å². The predicted molar refractivity (Wildman–Crippen MR) is 90.8 cm³/mol. The third kappa shape index (κ3) is 3.76. The van der Waals surface area contributed by atoms with Crippen molar-refractivity contribution in [1.82, 2.24) is 5.32 Å². The van der Waals surface area contributed by atoms with Gasteiger partial charge in [-0.25, -0.2) is 0 Å². The lowest BCUT2D eigenvalue weighted by molar-refractivity contribution is 0.592. The molecule has 0 spiro atoms. The Hall–Kier alpha value is -0.540. The topological polar surface area (TPSA) is 12.0 Å². The lowest BCUT2D eigenvalue weighted by atomic mass is 9.98. The van der Waals surface area contributed by atoms with E-state index in [9.17, 15) is 0 Å². The molecule has 0 heterocycles. The second-order valence-corrected chi connectivity index (χ2v) is 6.48. The fourth-order valence-electron chi connectivity index (χ4n) is 2.15. The maximum atomic E-state index is 6.31. The van der Waals surface area contributed by atoms with Gasteiger partial charge in [-0.05, 0) is 71.2 Å². The number of nitrogens with one attached hydrogen (secondary N) is 1. The monoisotopic (exact) mass is 371 g/mol. The maximum absolute atomic E-state index is 6.31. The molecule has 0 amide bonds. The van der Waals surface area contributed by atoms with E-state index in [4.69, 9.17) is 23.2 Å². The summed E-state index contributed by atoms with van der Waals surface area (Å²) in [5, 5.41) is 4.86. The second-order valence-electron chi connectivity index (χ2n) is 4.81. The van der Waals surface area contributed by atoms with E-state index in [0.29, 0.717) is 0 Å². The molecule has 2 rings (SSSR count). The Balaban J connectivity index is 2.26. The highest BCUT2D eigenvalue weighted by Crippen LogP contribution is 2.29. The number of benzene rings is 2. The van der Waals surface area contributed by atoms with E-state index in [0.717, 1.165) is 32.1 Å². The maximum Gasteiger partial charge on any atom is 0.0551 e. The first-order valence-electron chi connectivity index (χ1n) is 6.38. The van der Waals surface area contributed by atoms with Crippen molar-refractivity contribution < 1.29 is 0 Å². The average Bonchev–Trinajstić information content (AvgIpc) is 2.41. The Labute approximate surface area is 138 Å². The molecule has 0 radical (unpaired) electrons. The molecular weight excluding hydrogens is 357 g/mol. The Morgan fingerprint density at radius 1 is 1.10 bits per heavy atom. The zero-order valence-electron chi connectivity index (χ0n) is 11.4. The van der Waals surface area contributed by atoms with Gasteiger partial charge in [0, 0.05) is 15.5 Å². The molecule has 1 N–H and O–H groups in total. The van der Waals surface area contributed by atoms with Crippen LogP contribution in [0.1, 0.15) is 22.7 Å². The molecule has 1 nitrogen and oxygen atoms in total. The average molecular weight is 373 g/mol. The molecule has 0 bridgehead atoms. The van der Waals surface area contributed by atoms with Crippen LogP contribution in [-0.2, 0) is 6.42 Å². The molecule has 1 unspecified atom stereocenters. The molecule has 0 aliphatic heterocycles. The molecule has 0 aliphatic rings. The van der Waals surface area contributed by atoms with Gasteiger partial charge in [0.25, 0.3) is 0 Å². The van der Waals surface area contributed by atoms with Crippen molar-refractivity contribution in [1.29, 1.82) is 0 Å². The molecule has 0 saturated carbocycles. The number of hydrogen-bond acceptors (Lipinski definition) is 1. The normalized spacial score (nSPS) is 12.4. The van der Waals surface area contributed by atoms with Crippen molar-refractivity contribution in [3.8, 4) is 0 Å². The number of halogens is 3. The van der Waals surface area contributed by atoms with E-state index < -0.39 is 0 Å². The van der Waals surface area contributed by atoms with Crippen molar-refractivity contribution >= 4 is 39.1 Å². The number of hydrogen-bond donors (Lipinski definition) is 1. The Morgan fingerprint density at radius 2 is 1.85 bits per heavy atom. The van der Waals surface area contributed by atoms with Crippen LogP contribution in [0.4, 0.5) is 0 Å². The van der Waals surface area contributed by atoms with Crippen molar-refractivity contribution in [3.63, 3.8) is 0 Å². The largest absolute Gasteiger partial charge is 0.313 e. The van der Waals surface area contributed by atoms with Gasteiger partial charge in [0.15, 0.2) is 0 Å². The number of likely N-dealkylation sites (N-methyl/N-ethyl adjacent to an activating group) is 1. The summed E-state index contributed by atoms with van der Waals surface area (Å²) in [5.41, 5.74) is 3.46. The van der Waals surface area contributed by atoms with Crippen molar-refractivity contribution in [3.05, 3.63) is 67.6 Å². The number of rotatable bonds is 4. The second kappa shape index (κ2) is 6.95. The SMILES string of the molecule is CNC(Cc1ccc(C)cc1Cl)c1ccc(Br)c(Cl)c1. The van der Waals surface area contributed by atoms with Gasteiger partial charge in [0.1, 0.15) is 0 Å². The van der Waals surface area contributed by atoms with Crippen LogP contribution in [0, 0.1) is 6.92 Å². The third-order valence-electron chi connectivity index (χ3n) is 3.33. The van der Waals surface area contributed by atoms with Gasteiger partial charge in [0.05, 0.1) is 5.02 Å². The van der Waals surface area contributed by atoms with Crippen LogP contribution >= 0.6 is 39.1 Å². The quantitative estimate of drug-likeness (QED) is 0.739. The van der Waals surface area contributed by atoms with Crippen LogP contribution < -0.4 is 5.32 Å². The highest BCUT2D eigenvalue weighted by atomic mass is 79.9. The molecule has 0 fully saturated rings. The lowest BCUT2D eigenvalue weighted by Crippen LogP contribution is -2.19. The summed E-state index contributed by atoms with van der Waals surface area (Å²) in [6.45, 7) is 2.04. The molecule has 106 valence electrons. The fraction of sp³-hybridized carbons (Fsp3) is 0.250. The van der Waals surface area contributed by atoms with E-state index in [-0.39, 0.29) is 6.04 Å². The van der Waals surface area contributed by atoms with E-state index >= 15 is 0 Å². The summed E-state index contributed by atoms with van der Waals surface area (Å²) < 4.78 is 0.908. The minimum absolute atomic E-state index is 0.181. The molecule has 1 atom stereocenters. The van der Waals surface area contributed by atoms with E-state index in [1.165, 1.54) is 5.56 Å². The standard InChI is InChI=1S/C16H16BrCl2N/c1-10-3-4-11(14(18)7-10)9-16(20-2)12-5-6-13(17)15(19)8-12/h3-8,16,20H,9H2,1-2H3. The Bertz CT molecular complexity index is 613. The molecule has 2 aromatic carbocycles. The van der Waals surface area contributed by atoms with Gasteiger partial charge in [0.2, 0.25) is 0 Å². The van der Waals surface area contributed by atoms with Crippen LogP contribution in [0.3, 0.4) is 0 Å². The third-order valence-corrected chi connectivity index (χ3v) is 4.91. The Morgan fingerprint density at radius 3 is 2.45 bits per heavy atom. The molecule has 0 aromatic heterocycles. The predicted octanol–water partition coefficient (Wildman–Crippen LogP) is 5.57.